The first-order valence-electron chi connectivity index (χ1n) is 8.08. The molecule has 0 aliphatic rings. The van der Waals surface area contributed by atoms with Crippen LogP contribution in [0.5, 0.6) is 11.5 Å². The molecule has 0 unspecified atom stereocenters. The maximum Gasteiger partial charge on any atom is 0.324 e. The first-order valence-corrected chi connectivity index (χ1v) is 8.08. The Hall–Kier alpha value is -3.54. The monoisotopic (exact) mass is 349 g/mol. The number of amides is 2. The van der Waals surface area contributed by atoms with Gasteiger partial charge in [-0.2, -0.15) is 0 Å². The van der Waals surface area contributed by atoms with E-state index in [2.05, 4.69) is 15.6 Å². The minimum Gasteiger partial charge on any atom is -0.497 e. The molecule has 1 aromatic heterocycles. The molecule has 6 nitrogen and oxygen atoms in total. The molecule has 2 aromatic carbocycles. The third kappa shape index (κ3) is 4.98. The Morgan fingerprint density at radius 3 is 2.31 bits per heavy atom. The third-order valence-electron chi connectivity index (χ3n) is 3.58. The van der Waals surface area contributed by atoms with Crippen molar-refractivity contribution in [2.24, 2.45) is 0 Å². The van der Waals surface area contributed by atoms with E-state index in [9.17, 15) is 4.79 Å². The second-order valence-electron chi connectivity index (χ2n) is 5.46. The Bertz CT molecular complexity index is 834. The van der Waals surface area contributed by atoms with Gasteiger partial charge in [0.05, 0.1) is 7.11 Å². The summed E-state index contributed by atoms with van der Waals surface area (Å²) in [6, 6.07) is 19.8. The number of pyridine rings is 1. The van der Waals surface area contributed by atoms with Crippen LogP contribution in [0.1, 0.15) is 5.56 Å². The van der Waals surface area contributed by atoms with Crippen LogP contribution in [0.15, 0.2) is 72.9 Å². The number of urea groups is 1. The maximum absolute atomic E-state index is 11.9. The summed E-state index contributed by atoms with van der Waals surface area (Å²) in [6.45, 7) is 0.455. The molecular weight excluding hydrogens is 330 g/mol. The van der Waals surface area contributed by atoms with Crippen LogP contribution in [0, 0.1) is 0 Å². The van der Waals surface area contributed by atoms with Gasteiger partial charge in [0.1, 0.15) is 23.9 Å². The van der Waals surface area contributed by atoms with Crippen LogP contribution >= 0.6 is 0 Å². The molecule has 0 spiro atoms. The van der Waals surface area contributed by atoms with Crippen molar-refractivity contribution < 1.29 is 14.3 Å². The Balaban J connectivity index is 1.50. The van der Waals surface area contributed by atoms with E-state index in [4.69, 9.17) is 9.47 Å². The molecule has 2 amide bonds. The van der Waals surface area contributed by atoms with Crippen molar-refractivity contribution in [3.8, 4) is 11.5 Å². The smallest absolute Gasteiger partial charge is 0.324 e. The lowest BCUT2D eigenvalue weighted by Crippen LogP contribution is -2.19. The number of nitrogens with one attached hydrogen (secondary N) is 2. The zero-order chi connectivity index (χ0) is 18.2. The summed E-state index contributed by atoms with van der Waals surface area (Å²) < 4.78 is 10.9. The predicted molar refractivity (Wildman–Crippen MR) is 101 cm³/mol. The molecule has 26 heavy (non-hydrogen) atoms. The van der Waals surface area contributed by atoms with Gasteiger partial charge in [-0.05, 0) is 54.1 Å². The molecular formula is C20H19N3O3. The number of ether oxygens (including phenoxy) is 2. The molecule has 0 fully saturated rings. The zero-order valence-electron chi connectivity index (χ0n) is 14.3. The van der Waals surface area contributed by atoms with Crippen molar-refractivity contribution in [3.63, 3.8) is 0 Å². The Labute approximate surface area is 151 Å². The van der Waals surface area contributed by atoms with E-state index >= 15 is 0 Å². The largest absolute Gasteiger partial charge is 0.497 e. The molecule has 0 saturated heterocycles. The maximum atomic E-state index is 11.9. The Morgan fingerprint density at radius 2 is 1.65 bits per heavy atom. The first kappa shape index (κ1) is 17.3. The molecule has 2 N–H and O–H groups in total. The summed E-state index contributed by atoms with van der Waals surface area (Å²) in [5, 5.41) is 5.40. The van der Waals surface area contributed by atoms with E-state index in [1.54, 1.807) is 55.8 Å². The molecule has 0 atom stereocenters. The van der Waals surface area contributed by atoms with Gasteiger partial charge in [-0.3, -0.25) is 5.32 Å². The molecule has 0 saturated carbocycles. The van der Waals surface area contributed by atoms with Gasteiger partial charge >= 0.3 is 6.03 Å². The molecule has 3 rings (SSSR count). The van der Waals surface area contributed by atoms with Crippen LogP contribution in [-0.2, 0) is 6.61 Å². The van der Waals surface area contributed by atoms with E-state index in [1.165, 1.54) is 0 Å². The van der Waals surface area contributed by atoms with Crippen molar-refractivity contribution in [3.05, 3.63) is 78.5 Å². The Morgan fingerprint density at radius 1 is 0.923 bits per heavy atom. The quantitative estimate of drug-likeness (QED) is 0.695. The second-order valence-corrected chi connectivity index (χ2v) is 5.46. The van der Waals surface area contributed by atoms with Crippen LogP contribution < -0.4 is 20.1 Å². The highest BCUT2D eigenvalue weighted by Crippen LogP contribution is 2.18. The highest BCUT2D eigenvalue weighted by Gasteiger charge is 2.03. The fourth-order valence-electron chi connectivity index (χ4n) is 2.24. The minimum atomic E-state index is -0.351. The number of hydrogen-bond donors (Lipinski definition) is 2. The molecule has 132 valence electrons. The van der Waals surface area contributed by atoms with E-state index in [0.29, 0.717) is 18.1 Å². The fraction of sp³-hybridized carbons (Fsp3) is 0.100. The molecule has 0 bridgehead atoms. The summed E-state index contributed by atoms with van der Waals surface area (Å²) in [5.41, 5.74) is 1.71. The number of aromatic nitrogens is 1. The van der Waals surface area contributed by atoms with E-state index < -0.39 is 0 Å². The zero-order valence-corrected chi connectivity index (χ0v) is 14.3. The number of carbonyl (C=O) groups is 1. The van der Waals surface area contributed by atoms with Gasteiger partial charge in [-0.1, -0.05) is 18.2 Å². The standard InChI is InChI=1S/C20H19N3O3/c1-25-17-9-5-15(6-10-17)14-26-18-11-7-16(8-12-18)22-20(24)23-19-4-2-3-13-21-19/h2-13H,14H2,1H3,(H2,21,22,23,24). The predicted octanol–water partition coefficient (Wildman–Crippen LogP) is 4.31. The Kier molecular flexibility index (Phi) is 5.67. The van der Waals surface area contributed by atoms with Crippen molar-refractivity contribution >= 4 is 17.5 Å². The third-order valence-corrected chi connectivity index (χ3v) is 3.58. The molecule has 1 heterocycles. The van der Waals surface area contributed by atoms with Crippen LogP contribution in [0.25, 0.3) is 0 Å². The average molecular weight is 349 g/mol. The minimum absolute atomic E-state index is 0.351. The SMILES string of the molecule is COc1ccc(COc2ccc(NC(=O)Nc3ccccn3)cc2)cc1. The highest BCUT2D eigenvalue weighted by atomic mass is 16.5. The first-order chi connectivity index (χ1) is 12.7. The van der Waals surface area contributed by atoms with Crippen LogP contribution in [-0.4, -0.2) is 18.1 Å². The number of carbonyl (C=O) groups excluding carboxylic acids is 1. The summed E-state index contributed by atoms with van der Waals surface area (Å²) in [4.78, 5) is 16.0. The lowest BCUT2D eigenvalue weighted by atomic mass is 10.2. The van der Waals surface area contributed by atoms with Gasteiger partial charge in [0.2, 0.25) is 0 Å². The van der Waals surface area contributed by atoms with Crippen LogP contribution in [0.4, 0.5) is 16.3 Å². The topological polar surface area (TPSA) is 72.5 Å². The van der Waals surface area contributed by atoms with Crippen molar-refractivity contribution in [1.29, 1.82) is 0 Å². The van der Waals surface area contributed by atoms with E-state index in [-0.39, 0.29) is 6.03 Å². The van der Waals surface area contributed by atoms with Gasteiger partial charge in [0, 0.05) is 11.9 Å². The molecule has 0 aliphatic heterocycles. The van der Waals surface area contributed by atoms with Crippen LogP contribution in [0.3, 0.4) is 0 Å². The molecule has 6 heteroatoms. The number of rotatable bonds is 6. The lowest BCUT2D eigenvalue weighted by Gasteiger charge is -2.09. The summed E-state index contributed by atoms with van der Waals surface area (Å²) in [5.74, 6) is 2.02. The summed E-state index contributed by atoms with van der Waals surface area (Å²) >= 11 is 0. The number of benzene rings is 2. The number of hydrogen-bond acceptors (Lipinski definition) is 4. The lowest BCUT2D eigenvalue weighted by molar-refractivity contribution is 0.262. The number of methoxy groups -OCH3 is 1. The van der Waals surface area contributed by atoms with Gasteiger partial charge in [0.15, 0.2) is 0 Å². The summed E-state index contributed by atoms with van der Waals surface area (Å²) in [6.07, 6.45) is 1.62. The second kappa shape index (κ2) is 8.53. The van der Waals surface area contributed by atoms with E-state index in [1.807, 2.05) is 24.3 Å². The average Bonchev–Trinajstić information content (AvgIpc) is 2.68. The van der Waals surface area contributed by atoms with Gasteiger partial charge in [0.25, 0.3) is 0 Å². The number of nitrogens with zero attached hydrogens (tertiary/aromatic N) is 1. The van der Waals surface area contributed by atoms with Crippen LogP contribution in [0.2, 0.25) is 0 Å². The fourth-order valence-corrected chi connectivity index (χ4v) is 2.24. The normalized spacial score (nSPS) is 10.0. The van der Waals surface area contributed by atoms with Gasteiger partial charge in [-0.15, -0.1) is 0 Å². The van der Waals surface area contributed by atoms with Crippen molar-refractivity contribution in [2.75, 3.05) is 17.7 Å². The summed E-state index contributed by atoms with van der Waals surface area (Å²) in [7, 11) is 1.64. The highest BCUT2D eigenvalue weighted by molar-refractivity contribution is 5.99. The number of anilines is 2. The van der Waals surface area contributed by atoms with Gasteiger partial charge in [-0.25, -0.2) is 9.78 Å². The molecule has 0 radical (unpaired) electrons. The van der Waals surface area contributed by atoms with Crippen molar-refractivity contribution in [2.45, 2.75) is 6.61 Å². The van der Waals surface area contributed by atoms with Gasteiger partial charge < -0.3 is 14.8 Å². The van der Waals surface area contributed by atoms with E-state index in [0.717, 1.165) is 17.1 Å². The molecule has 0 aliphatic carbocycles. The van der Waals surface area contributed by atoms with Crippen molar-refractivity contribution in [1.82, 2.24) is 4.98 Å². The molecule has 3 aromatic rings.